The summed E-state index contributed by atoms with van der Waals surface area (Å²) in [6, 6.07) is 2.36. The van der Waals surface area contributed by atoms with Crippen molar-refractivity contribution in [1.29, 1.82) is 0 Å². The van der Waals surface area contributed by atoms with Crippen LogP contribution in [0, 0.1) is 0 Å². The molecule has 0 aliphatic rings. The molecule has 0 saturated heterocycles. The Balaban J connectivity index is 2.16. The number of halogens is 5. The molecule has 0 unspecified atom stereocenters. The first-order valence-corrected chi connectivity index (χ1v) is 8.96. The summed E-state index contributed by atoms with van der Waals surface area (Å²) in [6.45, 7) is 1.91. The number of alkyl halides is 5. The second-order valence-corrected chi connectivity index (χ2v) is 7.12. The molecule has 3 rings (SSSR count). The van der Waals surface area contributed by atoms with Crippen molar-refractivity contribution in [3.63, 3.8) is 0 Å². The fraction of sp³-hybridized carbons (Fsp3) is 0.312. The van der Waals surface area contributed by atoms with E-state index in [0.717, 1.165) is 7.48 Å². The van der Waals surface area contributed by atoms with Crippen molar-refractivity contribution >= 4 is 35.9 Å². The molecular weight excluding hydrogens is 402 g/mol. The molecule has 0 aliphatic heterocycles. The van der Waals surface area contributed by atoms with E-state index in [-0.39, 0.29) is 17.0 Å². The molecule has 12 heteroatoms. The van der Waals surface area contributed by atoms with Gasteiger partial charge in [-0.05, 0) is 23.3 Å². The van der Waals surface area contributed by atoms with E-state index in [0.29, 0.717) is 34.1 Å². The zero-order chi connectivity index (χ0) is 20.7. The van der Waals surface area contributed by atoms with Crippen LogP contribution >= 0.6 is 11.8 Å². The van der Waals surface area contributed by atoms with Gasteiger partial charge in [0.25, 0.3) is 0 Å². The molecule has 5 nitrogen and oxygen atoms in total. The van der Waals surface area contributed by atoms with Gasteiger partial charge < -0.3 is 9.59 Å². The van der Waals surface area contributed by atoms with Crippen molar-refractivity contribution < 1.29 is 27.0 Å². The van der Waals surface area contributed by atoms with Crippen molar-refractivity contribution in [3.05, 3.63) is 30.1 Å². The summed E-state index contributed by atoms with van der Waals surface area (Å²) in [5, 5.41) is 9.17. The minimum atomic E-state index is -5.73. The molecule has 147 valence electrons. The Hall–Kier alpha value is -2.21. The molecule has 0 aliphatic carbocycles. The first kappa shape index (κ1) is 20.5. The molecule has 3 aromatic heterocycles. The number of thioether (sulfide) groups is 1. The number of aryl methyl sites for hydroxylation is 1. The first-order valence-electron chi connectivity index (χ1n) is 7.98. The van der Waals surface area contributed by atoms with Gasteiger partial charge in [0, 0.05) is 24.3 Å². The monoisotopic (exact) mass is 415 g/mol. The molecule has 0 atom stereocenters. The summed E-state index contributed by atoms with van der Waals surface area (Å²) in [4.78, 5) is 12.9. The maximum absolute atomic E-state index is 13.6. The number of hydrogen-bond donors (Lipinski definition) is 1. The van der Waals surface area contributed by atoms with Crippen molar-refractivity contribution in [1.82, 2.24) is 19.5 Å². The van der Waals surface area contributed by atoms with Crippen molar-refractivity contribution in [2.24, 2.45) is 7.05 Å². The average Bonchev–Trinajstić information content (AvgIpc) is 2.97. The highest BCUT2D eigenvalue weighted by atomic mass is 32.2. The SMILES string of the molecule is CCSc1cc([B]O)cnc1-c1nc2cc(C(F)(F)C(F)(F)F)cnc2n1C. The smallest absolute Gasteiger partial charge is 0.450 e. The molecule has 28 heavy (non-hydrogen) atoms. The number of hydrogen-bond acceptors (Lipinski definition) is 5. The van der Waals surface area contributed by atoms with Crippen LogP contribution < -0.4 is 5.46 Å². The van der Waals surface area contributed by atoms with E-state index in [1.165, 1.54) is 22.5 Å². The van der Waals surface area contributed by atoms with Crippen LogP contribution in [0.5, 0.6) is 0 Å². The zero-order valence-corrected chi connectivity index (χ0v) is 15.4. The lowest BCUT2D eigenvalue weighted by molar-refractivity contribution is -0.289. The fourth-order valence-corrected chi connectivity index (χ4v) is 3.40. The second-order valence-electron chi connectivity index (χ2n) is 5.81. The molecular formula is C16H13BF5N4OS. The van der Waals surface area contributed by atoms with Crippen LogP contribution in [0.3, 0.4) is 0 Å². The highest BCUT2D eigenvalue weighted by molar-refractivity contribution is 7.99. The highest BCUT2D eigenvalue weighted by Gasteiger charge is 2.59. The van der Waals surface area contributed by atoms with Crippen LogP contribution in [0.1, 0.15) is 12.5 Å². The third-order valence-electron chi connectivity index (χ3n) is 3.96. The number of fused-ring (bicyclic) bond motifs is 1. The minimum Gasteiger partial charge on any atom is -0.450 e. The van der Waals surface area contributed by atoms with E-state index in [1.54, 1.807) is 13.1 Å². The van der Waals surface area contributed by atoms with Crippen LogP contribution in [-0.2, 0) is 13.0 Å². The van der Waals surface area contributed by atoms with Gasteiger partial charge in [-0.25, -0.2) is 9.97 Å². The molecule has 0 aromatic carbocycles. The van der Waals surface area contributed by atoms with Gasteiger partial charge in [-0.1, -0.05) is 6.92 Å². The predicted octanol–water partition coefficient (Wildman–Crippen LogP) is 3.03. The number of aromatic nitrogens is 4. The molecule has 0 amide bonds. The van der Waals surface area contributed by atoms with Gasteiger partial charge in [-0.15, -0.1) is 11.8 Å². The Morgan fingerprint density at radius 3 is 2.46 bits per heavy atom. The number of imidazole rings is 1. The summed E-state index contributed by atoms with van der Waals surface area (Å²) in [7, 11) is 2.45. The Kier molecular flexibility index (Phi) is 5.37. The largest absolute Gasteiger partial charge is 0.458 e. The van der Waals surface area contributed by atoms with E-state index in [2.05, 4.69) is 15.0 Å². The molecule has 0 bridgehead atoms. The molecule has 0 fully saturated rings. The van der Waals surface area contributed by atoms with Gasteiger partial charge >= 0.3 is 19.6 Å². The lowest BCUT2D eigenvalue weighted by Crippen LogP contribution is -2.33. The molecule has 0 spiro atoms. The quantitative estimate of drug-likeness (QED) is 0.395. The summed E-state index contributed by atoms with van der Waals surface area (Å²) in [5.41, 5.74) is -0.376. The van der Waals surface area contributed by atoms with Gasteiger partial charge in [0.2, 0.25) is 0 Å². The average molecular weight is 415 g/mol. The Bertz CT molecular complexity index is 1020. The minimum absolute atomic E-state index is 0.106. The first-order chi connectivity index (χ1) is 13.1. The van der Waals surface area contributed by atoms with Gasteiger partial charge in [0.15, 0.2) is 11.5 Å². The number of nitrogens with zero attached hydrogens (tertiary/aromatic N) is 4. The molecule has 3 aromatic rings. The lowest BCUT2D eigenvalue weighted by atomic mass is 9.90. The van der Waals surface area contributed by atoms with E-state index in [4.69, 9.17) is 5.02 Å². The van der Waals surface area contributed by atoms with Crippen LogP contribution in [0.4, 0.5) is 22.0 Å². The van der Waals surface area contributed by atoms with Gasteiger partial charge in [-0.3, -0.25) is 4.98 Å². The van der Waals surface area contributed by atoms with E-state index >= 15 is 0 Å². The Morgan fingerprint density at radius 1 is 1.14 bits per heavy atom. The lowest BCUT2D eigenvalue weighted by Gasteiger charge is -2.19. The topological polar surface area (TPSA) is 63.8 Å². The van der Waals surface area contributed by atoms with Crippen molar-refractivity contribution in [2.45, 2.75) is 23.9 Å². The van der Waals surface area contributed by atoms with E-state index < -0.39 is 17.7 Å². The van der Waals surface area contributed by atoms with Crippen molar-refractivity contribution in [3.8, 4) is 11.5 Å². The molecule has 1 radical (unpaired) electrons. The second kappa shape index (κ2) is 7.32. The molecule has 1 N–H and O–H groups in total. The highest BCUT2D eigenvalue weighted by Crippen LogP contribution is 2.44. The van der Waals surface area contributed by atoms with Crippen LogP contribution in [0.2, 0.25) is 0 Å². The van der Waals surface area contributed by atoms with Crippen LogP contribution in [0.15, 0.2) is 29.4 Å². The zero-order valence-electron chi connectivity index (χ0n) is 14.6. The standard InChI is InChI=1S/C16H13BF5N4OS/c1-3-28-11-5-9(17-27)7-23-12(11)14-25-10-4-8(6-24-13(10)26(14)2)15(18,19)16(20,21)22/h4-7,27H,3H2,1-2H3. The van der Waals surface area contributed by atoms with Gasteiger partial charge in [-0.2, -0.15) is 22.0 Å². The summed E-state index contributed by atoms with van der Waals surface area (Å²) < 4.78 is 66.6. The molecule has 3 heterocycles. The summed E-state index contributed by atoms with van der Waals surface area (Å²) >= 11 is 1.42. The molecule has 0 saturated carbocycles. The van der Waals surface area contributed by atoms with Crippen LogP contribution in [0.25, 0.3) is 22.7 Å². The maximum atomic E-state index is 13.6. The predicted molar refractivity (Wildman–Crippen MR) is 95.7 cm³/mol. The number of pyridine rings is 2. The van der Waals surface area contributed by atoms with Crippen LogP contribution in [-0.4, -0.2) is 44.0 Å². The van der Waals surface area contributed by atoms with Gasteiger partial charge in [0.05, 0.1) is 5.56 Å². The Labute approximate surface area is 161 Å². The van der Waals surface area contributed by atoms with Gasteiger partial charge in [0.1, 0.15) is 11.2 Å². The Morgan fingerprint density at radius 2 is 1.86 bits per heavy atom. The summed E-state index contributed by atoms with van der Waals surface area (Å²) in [5.74, 6) is -4.09. The maximum Gasteiger partial charge on any atom is 0.458 e. The van der Waals surface area contributed by atoms with Crippen molar-refractivity contribution in [2.75, 3.05) is 5.75 Å². The summed E-state index contributed by atoms with van der Waals surface area (Å²) in [6.07, 6.45) is -3.84. The third kappa shape index (κ3) is 3.46. The van der Waals surface area contributed by atoms with E-state index in [9.17, 15) is 22.0 Å². The third-order valence-corrected chi connectivity index (χ3v) is 4.87. The fourth-order valence-electron chi connectivity index (χ4n) is 2.59. The van der Waals surface area contributed by atoms with E-state index in [1.807, 2.05) is 6.92 Å². The normalized spacial score (nSPS) is 12.6. The number of rotatable bonds is 5.